The van der Waals surface area contributed by atoms with Crippen molar-refractivity contribution in [2.45, 2.75) is 11.3 Å². The molecule has 0 aliphatic rings. The first-order chi connectivity index (χ1) is 7.65. The molecular formula is C10H14N2O3S. The van der Waals surface area contributed by atoms with E-state index in [4.69, 9.17) is 0 Å². The third kappa shape index (κ3) is 3.71. The summed E-state index contributed by atoms with van der Waals surface area (Å²) in [4.78, 5) is 10.6. The van der Waals surface area contributed by atoms with Crippen LogP contribution in [0, 0.1) is 10.1 Å². The number of benzene rings is 1. The molecule has 88 valence electrons. The van der Waals surface area contributed by atoms with Crippen LogP contribution in [0.15, 0.2) is 29.2 Å². The number of nitrogens with one attached hydrogen (secondary N) is 1. The fourth-order valence-electron chi connectivity index (χ4n) is 1.22. The van der Waals surface area contributed by atoms with Crippen molar-refractivity contribution >= 4 is 16.5 Å². The molecule has 0 aliphatic carbocycles. The minimum atomic E-state index is -1.07. The average molecular weight is 242 g/mol. The quantitative estimate of drug-likeness (QED) is 0.464. The van der Waals surface area contributed by atoms with Crippen LogP contribution in [0.25, 0.3) is 0 Å². The van der Waals surface area contributed by atoms with Gasteiger partial charge in [-0.05, 0) is 32.1 Å². The Labute approximate surface area is 96.5 Å². The highest BCUT2D eigenvalue weighted by molar-refractivity contribution is 7.85. The number of non-ortho nitro benzene ring substituents is 1. The largest absolute Gasteiger partial charge is 0.320 e. The molecule has 0 bridgehead atoms. The van der Waals surface area contributed by atoms with Crippen LogP contribution in [0.3, 0.4) is 0 Å². The maximum Gasteiger partial charge on any atom is 0.269 e. The molecule has 16 heavy (non-hydrogen) atoms. The molecule has 6 heteroatoms. The van der Waals surface area contributed by atoms with E-state index in [9.17, 15) is 14.3 Å². The van der Waals surface area contributed by atoms with Gasteiger partial charge in [-0.2, -0.15) is 0 Å². The van der Waals surface area contributed by atoms with Gasteiger partial charge in [-0.1, -0.05) is 0 Å². The molecule has 0 spiro atoms. The molecule has 1 atom stereocenters. The Hall–Kier alpha value is -1.27. The van der Waals surface area contributed by atoms with Crippen molar-refractivity contribution in [1.29, 1.82) is 0 Å². The highest BCUT2D eigenvalue weighted by atomic mass is 32.2. The van der Waals surface area contributed by atoms with Crippen molar-refractivity contribution in [2.24, 2.45) is 0 Å². The van der Waals surface area contributed by atoms with Gasteiger partial charge in [0.05, 0.1) is 15.7 Å². The van der Waals surface area contributed by atoms with Crippen molar-refractivity contribution < 1.29 is 9.13 Å². The zero-order chi connectivity index (χ0) is 12.0. The van der Waals surface area contributed by atoms with E-state index in [1.165, 1.54) is 12.1 Å². The summed E-state index contributed by atoms with van der Waals surface area (Å²) in [5.74, 6) is 0.568. The Morgan fingerprint density at radius 2 is 2.00 bits per heavy atom. The Morgan fingerprint density at radius 3 is 2.50 bits per heavy atom. The number of nitro groups is 1. The molecule has 0 aliphatic heterocycles. The van der Waals surface area contributed by atoms with Gasteiger partial charge in [0.2, 0.25) is 0 Å². The molecule has 0 radical (unpaired) electrons. The number of rotatable bonds is 6. The van der Waals surface area contributed by atoms with Gasteiger partial charge in [-0.15, -0.1) is 0 Å². The fourth-order valence-corrected chi connectivity index (χ4v) is 2.30. The van der Waals surface area contributed by atoms with Crippen LogP contribution in [0.2, 0.25) is 0 Å². The van der Waals surface area contributed by atoms with Gasteiger partial charge in [-0.3, -0.25) is 14.3 Å². The number of hydrogen-bond donors (Lipinski definition) is 1. The molecule has 1 aromatic rings. The summed E-state index contributed by atoms with van der Waals surface area (Å²) in [6.45, 7) is 0.818. The highest BCUT2D eigenvalue weighted by Gasteiger charge is 2.07. The summed E-state index contributed by atoms with van der Waals surface area (Å²) in [6.07, 6.45) is 0.820. The van der Waals surface area contributed by atoms with E-state index in [0.29, 0.717) is 10.6 Å². The van der Waals surface area contributed by atoms with Crippen LogP contribution in [-0.2, 0) is 10.8 Å². The number of hydrogen-bond acceptors (Lipinski definition) is 4. The first kappa shape index (κ1) is 12.8. The average Bonchev–Trinajstić information content (AvgIpc) is 2.29. The summed E-state index contributed by atoms with van der Waals surface area (Å²) in [5.41, 5.74) is 0.0241. The maximum absolute atomic E-state index is 11.7. The lowest BCUT2D eigenvalue weighted by Gasteiger charge is -2.01. The molecule has 0 fully saturated rings. The second-order valence-electron chi connectivity index (χ2n) is 3.26. The highest BCUT2D eigenvalue weighted by Crippen LogP contribution is 2.14. The van der Waals surface area contributed by atoms with Crippen molar-refractivity contribution in [2.75, 3.05) is 19.3 Å². The molecule has 1 aromatic carbocycles. The smallest absolute Gasteiger partial charge is 0.269 e. The predicted octanol–water partition coefficient (Wildman–Crippen LogP) is 1.31. The maximum atomic E-state index is 11.7. The number of nitrogens with zero attached hydrogens (tertiary/aromatic N) is 1. The molecule has 0 saturated heterocycles. The van der Waals surface area contributed by atoms with Gasteiger partial charge < -0.3 is 5.32 Å². The van der Waals surface area contributed by atoms with Gasteiger partial charge in [0.1, 0.15) is 0 Å². The number of nitro benzene ring substituents is 1. The zero-order valence-corrected chi connectivity index (χ0v) is 9.83. The summed E-state index contributed by atoms with van der Waals surface area (Å²) in [6, 6.07) is 5.86. The van der Waals surface area contributed by atoms with E-state index in [-0.39, 0.29) is 5.69 Å². The topological polar surface area (TPSA) is 72.2 Å². The van der Waals surface area contributed by atoms with Crippen LogP contribution in [0.4, 0.5) is 5.69 Å². The zero-order valence-electron chi connectivity index (χ0n) is 9.01. The molecule has 0 amide bonds. The van der Waals surface area contributed by atoms with Crippen molar-refractivity contribution in [3.63, 3.8) is 0 Å². The fraction of sp³-hybridized carbons (Fsp3) is 0.400. The van der Waals surface area contributed by atoms with E-state index in [2.05, 4.69) is 5.32 Å². The van der Waals surface area contributed by atoms with Crippen molar-refractivity contribution in [3.05, 3.63) is 34.4 Å². The lowest BCUT2D eigenvalue weighted by molar-refractivity contribution is -0.384. The second kappa shape index (κ2) is 6.34. The normalized spacial score (nSPS) is 12.3. The molecule has 1 rings (SSSR count). The third-order valence-electron chi connectivity index (χ3n) is 2.07. The molecule has 0 heterocycles. The summed E-state index contributed by atoms with van der Waals surface area (Å²) < 4.78 is 11.7. The van der Waals surface area contributed by atoms with Gasteiger partial charge in [0, 0.05) is 22.8 Å². The lowest BCUT2D eigenvalue weighted by atomic mass is 10.3. The molecule has 0 aromatic heterocycles. The van der Waals surface area contributed by atoms with Crippen LogP contribution in [-0.4, -0.2) is 28.5 Å². The van der Waals surface area contributed by atoms with Crippen molar-refractivity contribution in [3.8, 4) is 0 Å². The van der Waals surface area contributed by atoms with Gasteiger partial charge >= 0.3 is 0 Å². The molecule has 5 nitrogen and oxygen atoms in total. The Bertz CT molecular complexity index is 378. The minimum Gasteiger partial charge on any atom is -0.320 e. The summed E-state index contributed by atoms with van der Waals surface area (Å²) >= 11 is 0. The monoisotopic (exact) mass is 242 g/mol. The van der Waals surface area contributed by atoms with Gasteiger partial charge in [0.25, 0.3) is 5.69 Å². The van der Waals surface area contributed by atoms with Crippen LogP contribution >= 0.6 is 0 Å². The first-order valence-electron chi connectivity index (χ1n) is 4.92. The standard InChI is InChI=1S/C10H14N2O3S/c1-11-7-2-8-16(15)10-5-3-9(4-6-10)12(13)14/h3-6,11H,2,7-8H2,1H3. The molecular weight excluding hydrogens is 228 g/mol. The Kier molecular flexibility index (Phi) is 5.07. The molecule has 1 unspecified atom stereocenters. The van der Waals surface area contributed by atoms with E-state index in [1.54, 1.807) is 12.1 Å². The van der Waals surface area contributed by atoms with Crippen LogP contribution in [0.5, 0.6) is 0 Å². The van der Waals surface area contributed by atoms with Crippen LogP contribution in [0.1, 0.15) is 6.42 Å². The first-order valence-corrected chi connectivity index (χ1v) is 6.24. The lowest BCUT2D eigenvalue weighted by Crippen LogP contribution is -2.11. The third-order valence-corrected chi connectivity index (χ3v) is 3.52. The second-order valence-corrected chi connectivity index (χ2v) is 4.83. The van der Waals surface area contributed by atoms with Gasteiger partial charge in [0.15, 0.2) is 0 Å². The predicted molar refractivity (Wildman–Crippen MR) is 62.9 cm³/mol. The SMILES string of the molecule is CNCCCS(=O)c1ccc([N+](=O)[O-])cc1. The van der Waals surface area contributed by atoms with Gasteiger partial charge in [-0.25, -0.2) is 0 Å². The van der Waals surface area contributed by atoms with Crippen molar-refractivity contribution in [1.82, 2.24) is 5.32 Å². The van der Waals surface area contributed by atoms with E-state index in [1.807, 2.05) is 7.05 Å². The van der Waals surface area contributed by atoms with E-state index >= 15 is 0 Å². The summed E-state index contributed by atoms with van der Waals surface area (Å²) in [5, 5.41) is 13.4. The Morgan fingerprint density at radius 1 is 1.38 bits per heavy atom. The molecule has 1 N–H and O–H groups in total. The van der Waals surface area contributed by atoms with Crippen LogP contribution < -0.4 is 5.32 Å². The molecule has 0 saturated carbocycles. The van der Waals surface area contributed by atoms with E-state index < -0.39 is 15.7 Å². The Balaban J connectivity index is 2.59. The van der Waals surface area contributed by atoms with E-state index in [0.717, 1.165) is 13.0 Å². The minimum absolute atomic E-state index is 0.0241. The summed E-state index contributed by atoms with van der Waals surface area (Å²) in [7, 11) is 0.773.